The van der Waals surface area contributed by atoms with Crippen LogP contribution in [0.25, 0.3) is 0 Å². The fraction of sp³-hybridized carbons (Fsp3) is 0.333. The monoisotopic (exact) mass is 246 g/mol. The van der Waals surface area contributed by atoms with E-state index in [0.29, 0.717) is 6.61 Å². The van der Waals surface area contributed by atoms with Gasteiger partial charge in [0.15, 0.2) is 0 Å². The Morgan fingerprint density at radius 3 is 2.56 bits per heavy atom. The van der Waals surface area contributed by atoms with Crippen LogP contribution in [-0.4, -0.2) is 26.1 Å². The first kappa shape index (κ1) is 13.0. The van der Waals surface area contributed by atoms with E-state index in [-0.39, 0.29) is 6.10 Å². The summed E-state index contributed by atoms with van der Waals surface area (Å²) in [7, 11) is 3.27. The van der Waals surface area contributed by atoms with Crippen molar-refractivity contribution in [1.82, 2.24) is 0 Å². The number of ether oxygens (including phenoxy) is 3. The molecule has 96 valence electrons. The highest BCUT2D eigenvalue weighted by molar-refractivity contribution is 5.21. The van der Waals surface area contributed by atoms with Crippen LogP contribution in [0, 0.1) is 0 Å². The molecule has 0 saturated carbocycles. The van der Waals surface area contributed by atoms with Crippen molar-refractivity contribution in [3.63, 3.8) is 0 Å². The molecule has 2 atom stereocenters. The van der Waals surface area contributed by atoms with Crippen molar-refractivity contribution >= 4 is 0 Å². The molecule has 0 heterocycles. The zero-order valence-electron chi connectivity index (χ0n) is 10.7. The molecule has 0 saturated heterocycles. The molecule has 3 nitrogen and oxygen atoms in total. The summed E-state index contributed by atoms with van der Waals surface area (Å²) in [5, 5.41) is 0. The highest BCUT2D eigenvalue weighted by Crippen LogP contribution is 2.27. The number of hydrogen-bond donors (Lipinski definition) is 0. The minimum atomic E-state index is -0.848. The number of methoxy groups -OCH3 is 2. The lowest BCUT2D eigenvalue weighted by molar-refractivity contribution is -0.240. The number of hydrogen-bond acceptors (Lipinski definition) is 3. The van der Waals surface area contributed by atoms with Crippen LogP contribution < -0.4 is 0 Å². The SMILES string of the molecule is COC1C=CC=CC1(OC)OCc1ccccc1. The molecular weight excluding hydrogens is 228 g/mol. The molecule has 0 aromatic heterocycles. The first-order valence-corrected chi connectivity index (χ1v) is 5.92. The summed E-state index contributed by atoms with van der Waals surface area (Å²) in [6.07, 6.45) is 7.40. The molecule has 18 heavy (non-hydrogen) atoms. The molecule has 2 unspecified atom stereocenters. The second kappa shape index (κ2) is 5.96. The van der Waals surface area contributed by atoms with Gasteiger partial charge in [-0.2, -0.15) is 0 Å². The lowest BCUT2D eigenvalue weighted by atomic mass is 10.0. The third kappa shape index (κ3) is 2.70. The van der Waals surface area contributed by atoms with Gasteiger partial charge in [-0.15, -0.1) is 0 Å². The average Bonchev–Trinajstić information content (AvgIpc) is 2.46. The van der Waals surface area contributed by atoms with Gasteiger partial charge in [-0.25, -0.2) is 0 Å². The van der Waals surface area contributed by atoms with Crippen molar-refractivity contribution in [2.75, 3.05) is 14.2 Å². The summed E-state index contributed by atoms with van der Waals surface area (Å²) in [6, 6.07) is 10.0. The van der Waals surface area contributed by atoms with Crippen molar-refractivity contribution in [2.24, 2.45) is 0 Å². The lowest BCUT2D eigenvalue weighted by Crippen LogP contribution is -2.46. The molecule has 1 aromatic rings. The van der Waals surface area contributed by atoms with Crippen molar-refractivity contribution in [2.45, 2.75) is 18.5 Å². The normalized spacial score (nSPS) is 26.4. The Kier molecular flexibility index (Phi) is 4.31. The summed E-state index contributed by atoms with van der Waals surface area (Å²) >= 11 is 0. The molecule has 0 spiro atoms. The van der Waals surface area contributed by atoms with Crippen LogP contribution >= 0.6 is 0 Å². The molecule has 0 fully saturated rings. The Morgan fingerprint density at radius 2 is 1.89 bits per heavy atom. The largest absolute Gasteiger partial charge is 0.371 e. The molecule has 0 amide bonds. The minimum absolute atomic E-state index is 0.240. The number of rotatable bonds is 5. The van der Waals surface area contributed by atoms with Crippen LogP contribution in [0.15, 0.2) is 54.6 Å². The van der Waals surface area contributed by atoms with Crippen LogP contribution in [0.5, 0.6) is 0 Å². The fourth-order valence-corrected chi connectivity index (χ4v) is 1.97. The predicted octanol–water partition coefficient (Wildman–Crippen LogP) is 2.69. The van der Waals surface area contributed by atoms with Crippen LogP contribution in [0.2, 0.25) is 0 Å². The molecule has 0 N–H and O–H groups in total. The Balaban J connectivity index is 2.09. The second-order valence-electron chi connectivity index (χ2n) is 4.10. The Bertz CT molecular complexity index is 425. The molecule has 1 aliphatic carbocycles. The summed E-state index contributed by atoms with van der Waals surface area (Å²) in [6.45, 7) is 0.479. The van der Waals surface area contributed by atoms with E-state index in [9.17, 15) is 0 Å². The number of allylic oxidation sites excluding steroid dienone is 2. The first-order valence-electron chi connectivity index (χ1n) is 5.92. The average molecular weight is 246 g/mol. The summed E-state index contributed by atoms with van der Waals surface area (Å²) in [5.41, 5.74) is 1.10. The molecule has 0 aliphatic heterocycles. The fourth-order valence-electron chi connectivity index (χ4n) is 1.97. The number of benzene rings is 1. The molecule has 0 radical (unpaired) electrons. The van der Waals surface area contributed by atoms with Gasteiger partial charge < -0.3 is 14.2 Å². The third-order valence-corrected chi connectivity index (χ3v) is 3.00. The van der Waals surface area contributed by atoms with E-state index in [4.69, 9.17) is 14.2 Å². The zero-order valence-corrected chi connectivity index (χ0v) is 10.7. The van der Waals surface area contributed by atoms with Gasteiger partial charge in [-0.1, -0.05) is 48.6 Å². The maximum absolute atomic E-state index is 5.92. The smallest absolute Gasteiger partial charge is 0.219 e. The summed E-state index contributed by atoms with van der Waals surface area (Å²) in [4.78, 5) is 0. The van der Waals surface area contributed by atoms with Gasteiger partial charge in [-0.05, 0) is 11.6 Å². The van der Waals surface area contributed by atoms with Gasteiger partial charge in [0, 0.05) is 14.2 Å². The maximum Gasteiger partial charge on any atom is 0.219 e. The van der Waals surface area contributed by atoms with E-state index in [1.807, 2.05) is 54.6 Å². The molecule has 2 rings (SSSR count). The Hall–Kier alpha value is -1.42. The van der Waals surface area contributed by atoms with Crippen molar-refractivity contribution in [1.29, 1.82) is 0 Å². The highest BCUT2D eigenvalue weighted by atomic mass is 16.7. The van der Waals surface area contributed by atoms with Gasteiger partial charge >= 0.3 is 0 Å². The predicted molar refractivity (Wildman–Crippen MR) is 70.0 cm³/mol. The van der Waals surface area contributed by atoms with Crippen LogP contribution in [-0.2, 0) is 20.8 Å². The topological polar surface area (TPSA) is 27.7 Å². The Morgan fingerprint density at radius 1 is 1.11 bits per heavy atom. The molecule has 3 heteroatoms. The molecule has 1 aliphatic rings. The van der Waals surface area contributed by atoms with Crippen LogP contribution in [0.4, 0.5) is 0 Å². The van der Waals surface area contributed by atoms with Gasteiger partial charge in [0.1, 0.15) is 6.10 Å². The van der Waals surface area contributed by atoms with Gasteiger partial charge in [0.25, 0.3) is 0 Å². The molecular formula is C15H18O3. The van der Waals surface area contributed by atoms with E-state index in [0.717, 1.165) is 5.56 Å². The minimum Gasteiger partial charge on any atom is -0.371 e. The first-order chi connectivity index (χ1) is 8.80. The van der Waals surface area contributed by atoms with Crippen LogP contribution in [0.1, 0.15) is 5.56 Å². The summed E-state index contributed by atoms with van der Waals surface area (Å²) in [5.74, 6) is -0.848. The zero-order chi connectivity index (χ0) is 12.8. The quantitative estimate of drug-likeness (QED) is 0.748. The molecule has 1 aromatic carbocycles. The standard InChI is InChI=1S/C15H18O3/c1-16-14-10-6-7-11-15(14,17-2)18-12-13-8-4-3-5-9-13/h3-11,14H,12H2,1-2H3. The van der Waals surface area contributed by atoms with E-state index < -0.39 is 5.79 Å². The van der Waals surface area contributed by atoms with Crippen molar-refractivity contribution in [3.05, 3.63) is 60.2 Å². The lowest BCUT2D eigenvalue weighted by Gasteiger charge is -2.35. The van der Waals surface area contributed by atoms with E-state index in [1.54, 1.807) is 14.2 Å². The van der Waals surface area contributed by atoms with E-state index >= 15 is 0 Å². The van der Waals surface area contributed by atoms with Gasteiger partial charge in [0.2, 0.25) is 5.79 Å². The van der Waals surface area contributed by atoms with Gasteiger partial charge in [-0.3, -0.25) is 0 Å². The van der Waals surface area contributed by atoms with Gasteiger partial charge in [0.05, 0.1) is 6.61 Å². The second-order valence-corrected chi connectivity index (χ2v) is 4.10. The van der Waals surface area contributed by atoms with Crippen molar-refractivity contribution < 1.29 is 14.2 Å². The van der Waals surface area contributed by atoms with E-state index in [1.165, 1.54) is 0 Å². The van der Waals surface area contributed by atoms with Crippen LogP contribution in [0.3, 0.4) is 0 Å². The third-order valence-electron chi connectivity index (χ3n) is 3.00. The highest BCUT2D eigenvalue weighted by Gasteiger charge is 2.38. The van der Waals surface area contributed by atoms with E-state index in [2.05, 4.69) is 0 Å². The molecule has 0 bridgehead atoms. The summed E-state index contributed by atoms with van der Waals surface area (Å²) < 4.78 is 16.8. The van der Waals surface area contributed by atoms with Crippen molar-refractivity contribution in [3.8, 4) is 0 Å². The Labute approximate surface area is 108 Å². The maximum atomic E-state index is 5.92.